The SMILES string of the molecule is c1ccc(C[N+](Cc2ccccc2)=c2sccs2)cc1. The Morgan fingerprint density at radius 3 is 1.55 bits per heavy atom. The fourth-order valence-electron chi connectivity index (χ4n) is 2.14. The van der Waals surface area contributed by atoms with Crippen LogP contribution >= 0.6 is 22.7 Å². The van der Waals surface area contributed by atoms with Gasteiger partial charge in [-0.1, -0.05) is 83.3 Å². The first-order chi connectivity index (χ1) is 9.92. The molecule has 0 amide bonds. The molecular weight excluding hydrogens is 282 g/mol. The van der Waals surface area contributed by atoms with Crippen molar-refractivity contribution in [1.82, 2.24) is 4.58 Å². The van der Waals surface area contributed by atoms with E-state index in [1.165, 1.54) is 15.1 Å². The minimum absolute atomic E-state index is 0.951. The summed E-state index contributed by atoms with van der Waals surface area (Å²) < 4.78 is 3.80. The molecule has 0 fully saturated rings. The van der Waals surface area contributed by atoms with Crippen LogP contribution in [0.1, 0.15) is 11.1 Å². The second-order valence-electron chi connectivity index (χ2n) is 4.60. The average molecular weight is 298 g/mol. The smallest absolute Gasteiger partial charge is 0.203 e. The molecule has 0 bridgehead atoms. The Morgan fingerprint density at radius 1 is 0.650 bits per heavy atom. The number of hydrogen-bond donors (Lipinski definition) is 0. The van der Waals surface area contributed by atoms with Gasteiger partial charge in [0.2, 0.25) is 0 Å². The summed E-state index contributed by atoms with van der Waals surface area (Å²) in [7, 11) is 0. The van der Waals surface area contributed by atoms with Crippen molar-refractivity contribution in [2.75, 3.05) is 0 Å². The van der Waals surface area contributed by atoms with E-state index >= 15 is 0 Å². The summed E-state index contributed by atoms with van der Waals surface area (Å²) in [5, 5.41) is 4.31. The van der Waals surface area contributed by atoms with Crippen molar-refractivity contribution in [3.8, 4) is 0 Å². The standard InChI is InChI=1S/C17H16NS2/c1-3-7-15(8-4-1)13-18(17-19-11-12-20-17)14-16-9-5-2-6-10-16/h1-12H,13-14H2/q+1. The van der Waals surface area contributed by atoms with Crippen molar-refractivity contribution in [3.05, 3.63) is 86.5 Å². The van der Waals surface area contributed by atoms with Gasteiger partial charge < -0.3 is 0 Å². The molecular formula is C17H16NS2+. The van der Waals surface area contributed by atoms with Gasteiger partial charge in [-0.2, -0.15) is 0 Å². The van der Waals surface area contributed by atoms with Gasteiger partial charge in [0.25, 0.3) is 0 Å². The molecule has 0 aliphatic carbocycles. The zero-order valence-electron chi connectivity index (χ0n) is 11.1. The van der Waals surface area contributed by atoms with Crippen LogP contribution < -0.4 is 8.56 Å². The highest BCUT2D eigenvalue weighted by Gasteiger charge is 2.10. The molecule has 3 aromatic rings. The van der Waals surface area contributed by atoms with Gasteiger partial charge in [0, 0.05) is 21.9 Å². The normalized spacial score (nSPS) is 10.4. The van der Waals surface area contributed by atoms with Crippen LogP contribution in [-0.4, -0.2) is 0 Å². The minimum Gasteiger partial charge on any atom is -0.203 e. The van der Waals surface area contributed by atoms with Crippen LogP contribution in [0.3, 0.4) is 0 Å². The van der Waals surface area contributed by atoms with Crippen LogP contribution in [0.5, 0.6) is 0 Å². The molecule has 0 radical (unpaired) electrons. The molecule has 0 aliphatic heterocycles. The first-order valence-electron chi connectivity index (χ1n) is 6.60. The average Bonchev–Trinajstić information content (AvgIpc) is 3.03. The molecule has 3 rings (SSSR count). The van der Waals surface area contributed by atoms with Gasteiger partial charge in [-0.25, -0.2) is 4.58 Å². The Balaban J connectivity index is 1.93. The maximum absolute atomic E-state index is 2.44. The lowest BCUT2D eigenvalue weighted by Gasteiger charge is -2.03. The molecule has 1 heterocycles. The predicted octanol–water partition coefficient (Wildman–Crippen LogP) is 3.98. The summed E-state index contributed by atoms with van der Waals surface area (Å²) in [4.78, 5) is 0. The van der Waals surface area contributed by atoms with Gasteiger partial charge >= 0.3 is 3.98 Å². The molecule has 0 unspecified atom stereocenters. The summed E-state index contributed by atoms with van der Waals surface area (Å²) in [6.07, 6.45) is 0. The maximum atomic E-state index is 2.44. The first-order valence-corrected chi connectivity index (χ1v) is 8.36. The third-order valence-electron chi connectivity index (χ3n) is 3.08. The molecule has 1 aromatic heterocycles. The van der Waals surface area contributed by atoms with E-state index in [9.17, 15) is 0 Å². The van der Waals surface area contributed by atoms with Crippen molar-refractivity contribution in [1.29, 1.82) is 0 Å². The molecule has 3 heteroatoms. The summed E-state index contributed by atoms with van der Waals surface area (Å²) in [5.74, 6) is 0. The van der Waals surface area contributed by atoms with E-state index < -0.39 is 0 Å². The van der Waals surface area contributed by atoms with Crippen molar-refractivity contribution in [3.63, 3.8) is 0 Å². The molecule has 1 nitrogen and oxygen atoms in total. The topological polar surface area (TPSA) is 3.01 Å². The molecule has 0 saturated carbocycles. The summed E-state index contributed by atoms with van der Waals surface area (Å²) in [5.41, 5.74) is 2.70. The van der Waals surface area contributed by atoms with Crippen LogP contribution in [0.4, 0.5) is 0 Å². The van der Waals surface area contributed by atoms with E-state index in [2.05, 4.69) is 76.0 Å². The van der Waals surface area contributed by atoms with E-state index in [0.717, 1.165) is 13.1 Å². The summed E-state index contributed by atoms with van der Waals surface area (Å²) in [6, 6.07) is 21.3. The highest BCUT2D eigenvalue weighted by atomic mass is 32.2. The van der Waals surface area contributed by atoms with Gasteiger partial charge in [0.15, 0.2) is 13.1 Å². The molecule has 20 heavy (non-hydrogen) atoms. The molecule has 0 atom stereocenters. The Hall–Kier alpha value is -1.71. The molecule has 2 aromatic carbocycles. The van der Waals surface area contributed by atoms with E-state index in [-0.39, 0.29) is 0 Å². The van der Waals surface area contributed by atoms with Crippen molar-refractivity contribution in [2.45, 2.75) is 13.1 Å². The van der Waals surface area contributed by atoms with E-state index in [1.807, 2.05) is 22.7 Å². The number of rotatable bonds is 4. The predicted molar refractivity (Wildman–Crippen MR) is 87.8 cm³/mol. The molecule has 0 aliphatic rings. The van der Waals surface area contributed by atoms with Crippen LogP contribution in [-0.2, 0) is 13.1 Å². The van der Waals surface area contributed by atoms with E-state index in [1.54, 1.807) is 0 Å². The molecule has 0 spiro atoms. The van der Waals surface area contributed by atoms with Crippen molar-refractivity contribution < 1.29 is 0 Å². The first kappa shape index (κ1) is 13.3. The zero-order chi connectivity index (χ0) is 13.6. The number of benzene rings is 2. The Labute approximate surface area is 127 Å². The van der Waals surface area contributed by atoms with Crippen molar-refractivity contribution >= 4 is 22.7 Å². The third kappa shape index (κ3) is 3.44. The van der Waals surface area contributed by atoms with Gasteiger partial charge in [0.1, 0.15) is 0 Å². The highest BCUT2D eigenvalue weighted by molar-refractivity contribution is 7.24. The van der Waals surface area contributed by atoms with E-state index in [0.29, 0.717) is 0 Å². The van der Waals surface area contributed by atoms with E-state index in [4.69, 9.17) is 0 Å². The van der Waals surface area contributed by atoms with Gasteiger partial charge in [-0.3, -0.25) is 0 Å². The second kappa shape index (κ2) is 6.64. The largest absolute Gasteiger partial charge is 0.314 e. The highest BCUT2D eigenvalue weighted by Crippen LogP contribution is 2.05. The maximum Gasteiger partial charge on any atom is 0.314 e. The fraction of sp³-hybridized carbons (Fsp3) is 0.118. The lowest BCUT2D eigenvalue weighted by Crippen LogP contribution is -2.25. The summed E-state index contributed by atoms with van der Waals surface area (Å²) >= 11 is 3.63. The monoisotopic (exact) mass is 298 g/mol. The molecule has 100 valence electrons. The molecule has 0 saturated heterocycles. The number of nitrogens with zero attached hydrogens (tertiary/aromatic N) is 1. The Morgan fingerprint density at radius 2 is 1.10 bits per heavy atom. The second-order valence-corrected chi connectivity index (χ2v) is 6.65. The van der Waals surface area contributed by atoms with Crippen LogP contribution in [0, 0.1) is 0 Å². The van der Waals surface area contributed by atoms with Crippen LogP contribution in [0.15, 0.2) is 71.4 Å². The lowest BCUT2D eigenvalue weighted by molar-refractivity contribution is 0.580. The van der Waals surface area contributed by atoms with Gasteiger partial charge in [-0.05, 0) is 0 Å². The molecule has 0 N–H and O–H groups in total. The zero-order valence-corrected chi connectivity index (χ0v) is 12.7. The summed E-state index contributed by atoms with van der Waals surface area (Å²) in [6.45, 7) is 1.90. The Bertz CT molecular complexity index is 651. The third-order valence-corrected chi connectivity index (χ3v) is 5.30. The van der Waals surface area contributed by atoms with Crippen LogP contribution in [0.25, 0.3) is 0 Å². The van der Waals surface area contributed by atoms with Crippen LogP contribution in [0.2, 0.25) is 0 Å². The number of hydrogen-bond acceptors (Lipinski definition) is 2. The van der Waals surface area contributed by atoms with Gasteiger partial charge in [0.05, 0.1) is 0 Å². The quantitative estimate of drug-likeness (QED) is 0.641. The fourth-order valence-corrected chi connectivity index (χ4v) is 3.93. The lowest BCUT2D eigenvalue weighted by atomic mass is 10.2. The minimum atomic E-state index is 0.951. The van der Waals surface area contributed by atoms with Crippen molar-refractivity contribution in [2.24, 2.45) is 0 Å². The Kier molecular flexibility index (Phi) is 4.41. The van der Waals surface area contributed by atoms with Gasteiger partial charge in [-0.15, -0.1) is 0 Å².